The van der Waals surface area contributed by atoms with Gasteiger partial charge in [-0.25, -0.2) is 0 Å². The van der Waals surface area contributed by atoms with Crippen molar-refractivity contribution in [3.63, 3.8) is 0 Å². The summed E-state index contributed by atoms with van der Waals surface area (Å²) in [6.07, 6.45) is 1.06. The Labute approximate surface area is 215 Å². The Bertz CT molecular complexity index is 1370. The van der Waals surface area contributed by atoms with Gasteiger partial charge in [-0.2, -0.15) is 0 Å². The lowest BCUT2D eigenvalue weighted by molar-refractivity contribution is -0.148. The standard InChI is InChI=1S/C30H28ClNO4/c1-18-26(29(34)35-17-19-7-5-4-6-8-19)28(27-22(32-18)15-30(2,3)16-23(27)33)25-14-13-24(36-25)20-9-11-21(31)12-10-20/h4-14,26,28H,15-17H2,1-3H3. The molecule has 0 fully saturated rings. The Morgan fingerprint density at radius 2 is 1.78 bits per heavy atom. The van der Waals surface area contributed by atoms with Gasteiger partial charge in [-0.15, -0.1) is 0 Å². The van der Waals surface area contributed by atoms with E-state index in [1.807, 2.05) is 61.5 Å². The second-order valence-electron chi connectivity index (χ2n) is 10.3. The van der Waals surface area contributed by atoms with Crippen LogP contribution in [0, 0.1) is 11.3 Å². The number of nitrogens with zero attached hydrogens (tertiary/aromatic N) is 1. The average molecular weight is 502 g/mol. The monoisotopic (exact) mass is 501 g/mol. The molecular formula is C30H28ClNO4. The minimum Gasteiger partial charge on any atom is -0.460 e. The molecule has 36 heavy (non-hydrogen) atoms. The molecule has 1 aliphatic carbocycles. The highest BCUT2D eigenvalue weighted by Crippen LogP contribution is 2.48. The molecule has 1 aromatic heterocycles. The maximum absolute atomic E-state index is 13.5. The topological polar surface area (TPSA) is 68.9 Å². The van der Waals surface area contributed by atoms with E-state index in [0.717, 1.165) is 16.8 Å². The summed E-state index contributed by atoms with van der Waals surface area (Å²) < 4.78 is 12.0. The van der Waals surface area contributed by atoms with Crippen LogP contribution in [0.15, 0.2) is 87.4 Å². The van der Waals surface area contributed by atoms with Crippen molar-refractivity contribution in [2.45, 2.75) is 46.1 Å². The van der Waals surface area contributed by atoms with Crippen LogP contribution >= 0.6 is 11.6 Å². The predicted molar refractivity (Wildman–Crippen MR) is 140 cm³/mol. The molecule has 184 valence electrons. The van der Waals surface area contributed by atoms with Crippen molar-refractivity contribution in [3.05, 3.63) is 94.3 Å². The van der Waals surface area contributed by atoms with E-state index in [-0.39, 0.29) is 17.8 Å². The molecule has 0 N–H and O–H groups in total. The quantitative estimate of drug-likeness (QED) is 0.348. The normalized spacial score (nSPS) is 21.1. The van der Waals surface area contributed by atoms with Crippen molar-refractivity contribution in [1.82, 2.24) is 0 Å². The van der Waals surface area contributed by atoms with Crippen molar-refractivity contribution < 1.29 is 18.7 Å². The lowest BCUT2D eigenvalue weighted by Crippen LogP contribution is -2.39. The van der Waals surface area contributed by atoms with Crippen molar-refractivity contribution in [3.8, 4) is 11.3 Å². The fraction of sp³-hybridized carbons (Fsp3) is 0.300. The Hall–Kier alpha value is -3.44. The van der Waals surface area contributed by atoms with Gasteiger partial charge in [-0.05, 0) is 60.7 Å². The van der Waals surface area contributed by atoms with Gasteiger partial charge in [0.25, 0.3) is 0 Å². The van der Waals surface area contributed by atoms with Crippen molar-refractivity contribution in [1.29, 1.82) is 0 Å². The smallest absolute Gasteiger partial charge is 0.316 e. The molecule has 3 aromatic rings. The molecule has 5 nitrogen and oxygen atoms in total. The molecule has 2 aromatic carbocycles. The first-order valence-corrected chi connectivity index (χ1v) is 12.5. The molecule has 1 aliphatic heterocycles. The van der Waals surface area contributed by atoms with Crippen LogP contribution in [0.3, 0.4) is 0 Å². The minimum absolute atomic E-state index is 0.00722. The number of ether oxygens (including phenoxy) is 1. The summed E-state index contributed by atoms with van der Waals surface area (Å²) >= 11 is 6.05. The fourth-order valence-electron chi connectivity index (χ4n) is 5.17. The SMILES string of the molecule is CC1=NC2=C(C(=O)CC(C)(C)C2)C(c2ccc(-c3ccc(Cl)cc3)o2)C1C(=O)OCc1ccccc1. The first-order valence-electron chi connectivity index (χ1n) is 12.1. The summed E-state index contributed by atoms with van der Waals surface area (Å²) in [5.41, 5.74) is 3.51. The Kier molecular flexibility index (Phi) is 6.44. The van der Waals surface area contributed by atoms with Crippen molar-refractivity contribution in [2.24, 2.45) is 16.3 Å². The predicted octanol–water partition coefficient (Wildman–Crippen LogP) is 7.16. The van der Waals surface area contributed by atoms with Crippen LogP contribution in [0.4, 0.5) is 0 Å². The summed E-state index contributed by atoms with van der Waals surface area (Å²) in [5, 5.41) is 0.635. The number of aliphatic imine (C=N–C) groups is 1. The number of halogens is 1. The fourth-order valence-corrected chi connectivity index (χ4v) is 5.29. The van der Waals surface area contributed by atoms with E-state index < -0.39 is 17.8 Å². The van der Waals surface area contributed by atoms with Gasteiger partial charge >= 0.3 is 5.97 Å². The molecule has 0 saturated carbocycles. The summed E-state index contributed by atoms with van der Waals surface area (Å²) in [4.78, 5) is 31.7. The zero-order valence-corrected chi connectivity index (χ0v) is 21.3. The number of hydrogen-bond donors (Lipinski definition) is 0. The molecule has 0 radical (unpaired) electrons. The molecule has 5 rings (SSSR count). The number of ketones is 1. The number of rotatable bonds is 5. The minimum atomic E-state index is -0.748. The summed E-state index contributed by atoms with van der Waals surface area (Å²) in [6, 6.07) is 20.6. The molecule has 2 aliphatic rings. The number of hydrogen-bond acceptors (Lipinski definition) is 5. The highest BCUT2D eigenvalue weighted by Gasteiger charge is 2.47. The number of allylic oxidation sites excluding steroid dienone is 2. The van der Waals surface area contributed by atoms with Crippen LogP contribution in [-0.2, 0) is 20.9 Å². The van der Waals surface area contributed by atoms with E-state index in [0.29, 0.717) is 40.7 Å². The Morgan fingerprint density at radius 3 is 2.50 bits per heavy atom. The lowest BCUT2D eigenvalue weighted by Gasteiger charge is -2.38. The number of benzene rings is 2. The third-order valence-electron chi connectivity index (χ3n) is 6.84. The first kappa shape index (κ1) is 24.3. The maximum Gasteiger partial charge on any atom is 0.316 e. The molecule has 0 spiro atoms. The summed E-state index contributed by atoms with van der Waals surface area (Å²) in [7, 11) is 0. The molecule has 2 atom stereocenters. The van der Waals surface area contributed by atoms with E-state index in [9.17, 15) is 9.59 Å². The second kappa shape index (κ2) is 9.55. The van der Waals surface area contributed by atoms with Crippen LogP contribution < -0.4 is 0 Å². The Balaban J connectivity index is 1.53. The van der Waals surface area contributed by atoms with Crippen LogP contribution in [0.2, 0.25) is 5.02 Å². The summed E-state index contributed by atoms with van der Waals surface area (Å²) in [5.74, 6) is -0.556. The first-order chi connectivity index (χ1) is 17.2. The highest BCUT2D eigenvalue weighted by atomic mass is 35.5. The van der Waals surface area contributed by atoms with Crippen LogP contribution in [-0.4, -0.2) is 17.5 Å². The largest absolute Gasteiger partial charge is 0.460 e. The maximum atomic E-state index is 13.5. The van der Waals surface area contributed by atoms with E-state index in [1.165, 1.54) is 0 Å². The molecule has 6 heteroatoms. The van der Waals surface area contributed by atoms with Gasteiger partial charge in [0, 0.05) is 34.0 Å². The van der Waals surface area contributed by atoms with E-state index >= 15 is 0 Å². The number of carbonyl (C=O) groups excluding carboxylic acids is 2. The highest BCUT2D eigenvalue weighted by molar-refractivity contribution is 6.30. The molecule has 2 heterocycles. The average Bonchev–Trinajstić information content (AvgIpc) is 3.32. The van der Waals surface area contributed by atoms with E-state index in [2.05, 4.69) is 13.8 Å². The van der Waals surface area contributed by atoms with Crippen LogP contribution in [0.5, 0.6) is 0 Å². The van der Waals surface area contributed by atoms with E-state index in [4.69, 9.17) is 25.7 Å². The zero-order valence-electron chi connectivity index (χ0n) is 20.6. The zero-order chi connectivity index (χ0) is 25.4. The second-order valence-corrected chi connectivity index (χ2v) is 10.7. The lowest BCUT2D eigenvalue weighted by atomic mass is 9.68. The number of esters is 1. The third-order valence-corrected chi connectivity index (χ3v) is 7.09. The van der Waals surface area contributed by atoms with Gasteiger partial charge < -0.3 is 9.15 Å². The number of carbonyl (C=O) groups is 2. The molecular weight excluding hydrogens is 474 g/mol. The molecule has 2 unspecified atom stereocenters. The van der Waals surface area contributed by atoms with Gasteiger partial charge in [0.15, 0.2) is 5.78 Å². The van der Waals surface area contributed by atoms with Gasteiger partial charge in [0.1, 0.15) is 24.0 Å². The van der Waals surface area contributed by atoms with Crippen LogP contribution in [0.1, 0.15) is 50.9 Å². The Morgan fingerprint density at radius 1 is 1.06 bits per heavy atom. The molecule has 0 saturated heterocycles. The summed E-state index contributed by atoms with van der Waals surface area (Å²) in [6.45, 7) is 6.12. The third kappa shape index (κ3) is 4.80. The number of furan rings is 1. The van der Waals surface area contributed by atoms with Gasteiger partial charge in [0.05, 0.1) is 5.92 Å². The molecule has 0 bridgehead atoms. The van der Waals surface area contributed by atoms with Gasteiger partial charge in [-0.1, -0.05) is 55.8 Å². The number of Topliss-reactive ketones (excluding diaryl/α,β-unsaturated/α-hetero) is 1. The van der Waals surface area contributed by atoms with Gasteiger partial charge in [0.2, 0.25) is 0 Å². The van der Waals surface area contributed by atoms with Crippen molar-refractivity contribution in [2.75, 3.05) is 0 Å². The molecule has 0 amide bonds. The van der Waals surface area contributed by atoms with Crippen molar-refractivity contribution >= 4 is 29.1 Å². The van der Waals surface area contributed by atoms with E-state index in [1.54, 1.807) is 12.1 Å². The van der Waals surface area contributed by atoms with Gasteiger partial charge in [-0.3, -0.25) is 14.6 Å². The van der Waals surface area contributed by atoms with Crippen LogP contribution in [0.25, 0.3) is 11.3 Å².